The molecule has 0 bridgehead atoms. The summed E-state index contributed by atoms with van der Waals surface area (Å²) in [5, 5.41) is 21.2. The summed E-state index contributed by atoms with van der Waals surface area (Å²) >= 11 is 0. The lowest BCUT2D eigenvalue weighted by molar-refractivity contribution is 0.0697. The normalized spacial score (nSPS) is 10.3. The number of carboxylic acids is 1. The Morgan fingerprint density at radius 1 is 1.22 bits per heavy atom. The van der Waals surface area contributed by atoms with Gasteiger partial charge in [-0.3, -0.25) is 5.10 Å². The van der Waals surface area contributed by atoms with E-state index in [1.54, 1.807) is 18.3 Å². The summed E-state index contributed by atoms with van der Waals surface area (Å²) in [6.45, 7) is 2.90. The zero-order valence-corrected chi connectivity index (χ0v) is 12.9. The topological polar surface area (TPSA) is 107 Å². The van der Waals surface area contributed by atoms with Crippen LogP contribution in [0.3, 0.4) is 0 Å². The fourth-order valence-electron chi connectivity index (χ4n) is 2.12. The van der Waals surface area contributed by atoms with E-state index in [9.17, 15) is 9.59 Å². The quantitative estimate of drug-likeness (QED) is 0.585. The molecule has 0 saturated carbocycles. The standard InChI is InChI=1S/C16H20N4O3/c1-11-14(10-19-20-11)3-2-8-17-16(23)18-9-12-4-6-13(7-5-12)15(21)22/h4-7,10H,2-3,8-9H2,1H3,(H,19,20)(H,21,22)(H2,17,18,23). The highest BCUT2D eigenvalue weighted by Crippen LogP contribution is 2.05. The Balaban J connectivity index is 1.65. The monoisotopic (exact) mass is 316 g/mol. The molecule has 1 aromatic heterocycles. The second-order valence-electron chi connectivity index (χ2n) is 5.24. The van der Waals surface area contributed by atoms with E-state index in [2.05, 4.69) is 20.8 Å². The molecule has 7 heteroatoms. The molecule has 2 aromatic rings. The van der Waals surface area contributed by atoms with Gasteiger partial charge in [0.1, 0.15) is 0 Å². The minimum atomic E-state index is -0.963. The van der Waals surface area contributed by atoms with E-state index in [1.165, 1.54) is 12.1 Å². The summed E-state index contributed by atoms with van der Waals surface area (Å²) in [4.78, 5) is 22.4. The van der Waals surface area contributed by atoms with Gasteiger partial charge >= 0.3 is 12.0 Å². The molecule has 23 heavy (non-hydrogen) atoms. The molecular formula is C16H20N4O3. The molecule has 0 aliphatic carbocycles. The van der Waals surface area contributed by atoms with Crippen LogP contribution in [0.1, 0.15) is 33.6 Å². The van der Waals surface area contributed by atoms with Gasteiger partial charge in [-0.1, -0.05) is 12.1 Å². The first-order valence-corrected chi connectivity index (χ1v) is 7.39. The number of carbonyl (C=O) groups excluding carboxylic acids is 1. The van der Waals surface area contributed by atoms with Crippen molar-refractivity contribution in [3.05, 3.63) is 52.8 Å². The van der Waals surface area contributed by atoms with E-state index >= 15 is 0 Å². The highest BCUT2D eigenvalue weighted by Gasteiger charge is 2.04. The Bertz CT molecular complexity index is 664. The van der Waals surface area contributed by atoms with Crippen molar-refractivity contribution < 1.29 is 14.7 Å². The van der Waals surface area contributed by atoms with Crippen molar-refractivity contribution in [3.8, 4) is 0 Å². The number of benzene rings is 1. The number of hydrogen-bond donors (Lipinski definition) is 4. The molecule has 2 amide bonds. The maximum Gasteiger partial charge on any atom is 0.335 e. The summed E-state index contributed by atoms with van der Waals surface area (Å²) in [5.74, 6) is -0.963. The summed E-state index contributed by atoms with van der Waals surface area (Å²) < 4.78 is 0. The Hall–Kier alpha value is -2.83. The van der Waals surface area contributed by atoms with Crippen molar-refractivity contribution >= 4 is 12.0 Å². The summed E-state index contributed by atoms with van der Waals surface area (Å²) in [6, 6.07) is 6.17. The van der Waals surface area contributed by atoms with Gasteiger partial charge in [-0.2, -0.15) is 5.10 Å². The molecule has 0 saturated heterocycles. The number of hydrogen-bond acceptors (Lipinski definition) is 3. The van der Waals surface area contributed by atoms with Crippen molar-refractivity contribution in [2.75, 3.05) is 6.54 Å². The zero-order valence-electron chi connectivity index (χ0n) is 12.9. The Kier molecular flexibility index (Phi) is 5.74. The molecule has 4 N–H and O–H groups in total. The lowest BCUT2D eigenvalue weighted by Gasteiger charge is -2.08. The molecule has 7 nitrogen and oxygen atoms in total. The number of nitrogens with zero attached hydrogens (tertiary/aromatic N) is 1. The molecule has 0 fully saturated rings. The van der Waals surface area contributed by atoms with Crippen LogP contribution in [-0.4, -0.2) is 33.8 Å². The number of aromatic carboxylic acids is 1. The number of carboxylic acid groups (broad SMARTS) is 1. The lowest BCUT2D eigenvalue weighted by Crippen LogP contribution is -2.35. The Morgan fingerprint density at radius 2 is 1.96 bits per heavy atom. The highest BCUT2D eigenvalue weighted by atomic mass is 16.4. The molecule has 2 rings (SSSR count). The molecule has 0 aliphatic rings. The van der Waals surface area contributed by atoms with Gasteiger partial charge in [0.2, 0.25) is 0 Å². The van der Waals surface area contributed by atoms with E-state index in [4.69, 9.17) is 5.11 Å². The van der Waals surface area contributed by atoms with Gasteiger partial charge in [-0.05, 0) is 43.0 Å². The predicted molar refractivity (Wildman–Crippen MR) is 85.3 cm³/mol. The van der Waals surface area contributed by atoms with Crippen molar-refractivity contribution in [2.24, 2.45) is 0 Å². The maximum atomic E-state index is 11.7. The second-order valence-corrected chi connectivity index (χ2v) is 5.24. The number of H-pyrrole nitrogens is 1. The van der Waals surface area contributed by atoms with Crippen LogP contribution in [-0.2, 0) is 13.0 Å². The summed E-state index contributed by atoms with van der Waals surface area (Å²) in [7, 11) is 0. The minimum absolute atomic E-state index is 0.229. The number of aryl methyl sites for hydroxylation is 2. The first-order valence-electron chi connectivity index (χ1n) is 7.39. The number of carbonyl (C=O) groups is 2. The first kappa shape index (κ1) is 16.5. The third-order valence-electron chi connectivity index (χ3n) is 3.50. The van der Waals surface area contributed by atoms with Crippen molar-refractivity contribution in [3.63, 3.8) is 0 Å². The van der Waals surface area contributed by atoms with Crippen LogP contribution in [0.15, 0.2) is 30.5 Å². The molecule has 0 atom stereocenters. The smallest absolute Gasteiger partial charge is 0.335 e. The van der Waals surface area contributed by atoms with Crippen LogP contribution in [0.2, 0.25) is 0 Å². The molecule has 0 radical (unpaired) electrons. The number of rotatable bonds is 7. The van der Waals surface area contributed by atoms with Gasteiger partial charge in [0, 0.05) is 18.8 Å². The third-order valence-corrected chi connectivity index (χ3v) is 3.50. The summed E-state index contributed by atoms with van der Waals surface area (Å²) in [6.07, 6.45) is 3.50. The number of aromatic nitrogens is 2. The van der Waals surface area contributed by atoms with E-state index in [1.807, 2.05) is 6.92 Å². The van der Waals surface area contributed by atoms with Crippen molar-refractivity contribution in [1.29, 1.82) is 0 Å². The molecule has 0 aliphatic heterocycles. The van der Waals surface area contributed by atoms with Gasteiger partial charge in [0.05, 0.1) is 11.8 Å². The van der Waals surface area contributed by atoms with Crippen molar-refractivity contribution in [2.45, 2.75) is 26.3 Å². The van der Waals surface area contributed by atoms with E-state index < -0.39 is 5.97 Å². The molecule has 122 valence electrons. The van der Waals surface area contributed by atoms with Crippen LogP contribution >= 0.6 is 0 Å². The number of urea groups is 1. The largest absolute Gasteiger partial charge is 0.478 e. The SMILES string of the molecule is Cc1[nH]ncc1CCCNC(=O)NCc1ccc(C(=O)O)cc1. The molecule has 1 heterocycles. The fraction of sp³-hybridized carbons (Fsp3) is 0.312. The lowest BCUT2D eigenvalue weighted by atomic mass is 10.1. The maximum absolute atomic E-state index is 11.7. The van der Waals surface area contributed by atoms with E-state index in [-0.39, 0.29) is 11.6 Å². The number of amides is 2. The average molecular weight is 316 g/mol. The van der Waals surface area contributed by atoms with Crippen molar-refractivity contribution in [1.82, 2.24) is 20.8 Å². The molecule has 1 aromatic carbocycles. The zero-order chi connectivity index (χ0) is 16.7. The van der Waals surface area contributed by atoms with Gasteiger partial charge < -0.3 is 15.7 Å². The van der Waals surface area contributed by atoms with Crippen LogP contribution < -0.4 is 10.6 Å². The Morgan fingerprint density at radius 3 is 2.57 bits per heavy atom. The highest BCUT2D eigenvalue weighted by molar-refractivity contribution is 5.87. The number of nitrogens with one attached hydrogen (secondary N) is 3. The van der Waals surface area contributed by atoms with Crippen LogP contribution in [0, 0.1) is 6.92 Å². The fourth-order valence-corrected chi connectivity index (χ4v) is 2.12. The predicted octanol–water partition coefficient (Wildman–Crippen LogP) is 1.85. The summed E-state index contributed by atoms with van der Waals surface area (Å²) in [5.41, 5.74) is 3.29. The van der Waals surface area contributed by atoms with E-state index in [0.29, 0.717) is 13.1 Å². The third kappa shape index (κ3) is 5.14. The van der Waals surface area contributed by atoms with Gasteiger partial charge in [0.15, 0.2) is 0 Å². The first-order chi connectivity index (χ1) is 11.1. The van der Waals surface area contributed by atoms with Gasteiger partial charge in [0.25, 0.3) is 0 Å². The average Bonchev–Trinajstić information content (AvgIpc) is 2.95. The number of aromatic amines is 1. The minimum Gasteiger partial charge on any atom is -0.478 e. The van der Waals surface area contributed by atoms with E-state index in [0.717, 1.165) is 29.7 Å². The van der Waals surface area contributed by atoms with Crippen LogP contribution in [0.25, 0.3) is 0 Å². The van der Waals surface area contributed by atoms with Crippen LogP contribution in [0.4, 0.5) is 4.79 Å². The molecule has 0 spiro atoms. The molecule has 0 unspecified atom stereocenters. The van der Waals surface area contributed by atoms with Gasteiger partial charge in [-0.25, -0.2) is 9.59 Å². The molecular weight excluding hydrogens is 296 g/mol. The Labute approximate surface area is 134 Å². The van der Waals surface area contributed by atoms with Crippen LogP contribution in [0.5, 0.6) is 0 Å². The second kappa shape index (κ2) is 7.98. The van der Waals surface area contributed by atoms with Gasteiger partial charge in [-0.15, -0.1) is 0 Å².